The molecule has 1 heterocycles. The second-order valence-corrected chi connectivity index (χ2v) is 9.33. The van der Waals surface area contributed by atoms with Crippen LogP contribution >= 0.6 is 0 Å². The van der Waals surface area contributed by atoms with Gasteiger partial charge in [-0.3, -0.25) is 14.6 Å². The number of benzene rings is 2. The Hall–Kier alpha value is -3.37. The molecule has 0 fully saturated rings. The van der Waals surface area contributed by atoms with Gasteiger partial charge in [-0.2, -0.15) is 0 Å². The van der Waals surface area contributed by atoms with E-state index in [2.05, 4.69) is 36.1 Å². The maximum atomic E-state index is 13.3. The number of rotatable bonds is 10. The molecule has 7 heteroatoms. The van der Waals surface area contributed by atoms with Gasteiger partial charge in [-0.1, -0.05) is 50.2 Å². The van der Waals surface area contributed by atoms with Crippen molar-refractivity contribution in [3.63, 3.8) is 0 Å². The minimum atomic E-state index is -0.110. The first-order chi connectivity index (χ1) is 16.3. The molecule has 0 radical (unpaired) electrons. The SMILES string of the molecule is [C-]#[N+]c1ccc(N(CC(=O)NCCCC(C)C)CC(=O)N(C)N2Cc3ccccc3C2)c(C)c1. The topological polar surface area (TPSA) is 60.3 Å². The van der Waals surface area contributed by atoms with Gasteiger partial charge in [-0.15, -0.1) is 0 Å². The first kappa shape index (κ1) is 25.3. The van der Waals surface area contributed by atoms with E-state index in [1.165, 1.54) is 11.1 Å². The maximum absolute atomic E-state index is 13.3. The van der Waals surface area contributed by atoms with Gasteiger partial charge in [0.2, 0.25) is 5.91 Å². The molecule has 180 valence electrons. The fraction of sp³-hybridized carbons (Fsp3) is 0.444. The van der Waals surface area contributed by atoms with Gasteiger partial charge in [0.1, 0.15) is 0 Å². The predicted molar refractivity (Wildman–Crippen MR) is 135 cm³/mol. The third kappa shape index (κ3) is 6.58. The Morgan fingerprint density at radius 3 is 2.38 bits per heavy atom. The molecule has 7 nitrogen and oxygen atoms in total. The van der Waals surface area contributed by atoms with Crippen molar-refractivity contribution >= 4 is 23.2 Å². The van der Waals surface area contributed by atoms with Crippen LogP contribution in [0.1, 0.15) is 43.4 Å². The number of nitrogens with one attached hydrogen (secondary N) is 1. The van der Waals surface area contributed by atoms with Crippen molar-refractivity contribution in [3.05, 3.63) is 70.6 Å². The minimum absolute atomic E-state index is 0.0704. The lowest BCUT2D eigenvalue weighted by Crippen LogP contribution is -2.48. The molecule has 0 saturated carbocycles. The molecule has 2 aromatic carbocycles. The molecule has 0 spiro atoms. The van der Waals surface area contributed by atoms with Crippen LogP contribution in [0.5, 0.6) is 0 Å². The fourth-order valence-electron chi connectivity index (χ4n) is 4.21. The third-order valence-electron chi connectivity index (χ3n) is 6.20. The van der Waals surface area contributed by atoms with E-state index >= 15 is 0 Å². The molecular weight excluding hydrogens is 426 g/mol. The van der Waals surface area contributed by atoms with Gasteiger partial charge in [0, 0.05) is 32.4 Å². The Balaban J connectivity index is 1.69. The van der Waals surface area contributed by atoms with Crippen molar-refractivity contribution in [2.24, 2.45) is 5.92 Å². The number of amides is 2. The second-order valence-electron chi connectivity index (χ2n) is 9.33. The van der Waals surface area contributed by atoms with Crippen LogP contribution in [0.3, 0.4) is 0 Å². The van der Waals surface area contributed by atoms with E-state index in [0.29, 0.717) is 31.2 Å². The summed E-state index contributed by atoms with van der Waals surface area (Å²) in [6.07, 6.45) is 1.99. The molecule has 2 amide bonds. The van der Waals surface area contributed by atoms with Crippen LogP contribution in [0.25, 0.3) is 4.85 Å². The van der Waals surface area contributed by atoms with Gasteiger partial charge in [0.05, 0.1) is 19.7 Å². The largest absolute Gasteiger partial charge is 0.355 e. The molecule has 1 aliphatic heterocycles. The average Bonchev–Trinajstić information content (AvgIpc) is 3.25. The van der Waals surface area contributed by atoms with E-state index in [9.17, 15) is 9.59 Å². The summed E-state index contributed by atoms with van der Waals surface area (Å²) in [5, 5.41) is 6.67. The lowest BCUT2D eigenvalue weighted by molar-refractivity contribution is -0.145. The zero-order valence-corrected chi connectivity index (χ0v) is 20.7. The highest BCUT2D eigenvalue weighted by Gasteiger charge is 2.27. The monoisotopic (exact) mass is 461 g/mol. The van der Waals surface area contributed by atoms with E-state index in [0.717, 1.165) is 24.1 Å². The van der Waals surface area contributed by atoms with Crippen LogP contribution in [0.4, 0.5) is 11.4 Å². The van der Waals surface area contributed by atoms with E-state index < -0.39 is 0 Å². The zero-order chi connectivity index (χ0) is 24.7. The molecule has 0 unspecified atom stereocenters. The average molecular weight is 462 g/mol. The molecule has 3 rings (SSSR count). The fourth-order valence-corrected chi connectivity index (χ4v) is 4.21. The Morgan fingerprint density at radius 2 is 1.79 bits per heavy atom. The molecule has 0 aromatic heterocycles. The Labute approximate surface area is 203 Å². The van der Waals surface area contributed by atoms with Gasteiger partial charge >= 0.3 is 0 Å². The highest BCUT2D eigenvalue weighted by atomic mass is 16.2. The number of carbonyl (C=O) groups is 2. The molecular formula is C27H35N5O2. The van der Waals surface area contributed by atoms with Crippen LogP contribution < -0.4 is 10.2 Å². The molecule has 2 aromatic rings. The number of nitrogens with zero attached hydrogens (tertiary/aromatic N) is 4. The van der Waals surface area contributed by atoms with Crippen molar-refractivity contribution in [2.75, 3.05) is 31.6 Å². The summed E-state index contributed by atoms with van der Waals surface area (Å²) in [4.78, 5) is 31.3. The molecule has 34 heavy (non-hydrogen) atoms. The summed E-state index contributed by atoms with van der Waals surface area (Å²) in [5.74, 6) is 0.400. The Kier molecular flexibility index (Phi) is 8.67. The number of likely N-dealkylation sites (N-methyl/N-ethyl adjacent to an activating group) is 1. The van der Waals surface area contributed by atoms with Crippen molar-refractivity contribution in [2.45, 2.75) is 46.7 Å². The van der Waals surface area contributed by atoms with Crippen LogP contribution in [0.2, 0.25) is 0 Å². The standard InChI is InChI=1S/C27H35N5O2/c1-20(2)9-8-14-29-26(33)18-31(25-13-12-24(28-4)15-21(25)3)19-27(34)30(5)32-16-22-10-6-7-11-23(22)17-32/h6-7,10-13,15,20H,8-9,14,16-19H2,1-3,5H3,(H,29,33). The van der Waals surface area contributed by atoms with Crippen molar-refractivity contribution < 1.29 is 9.59 Å². The van der Waals surface area contributed by atoms with Crippen molar-refractivity contribution in [3.8, 4) is 0 Å². The molecule has 1 aliphatic rings. The number of hydrogen-bond donors (Lipinski definition) is 1. The lowest BCUT2D eigenvalue weighted by Gasteiger charge is -2.32. The molecule has 0 atom stereocenters. The highest BCUT2D eigenvalue weighted by Crippen LogP contribution is 2.26. The number of aryl methyl sites for hydroxylation is 1. The van der Waals surface area contributed by atoms with E-state index in [4.69, 9.17) is 6.57 Å². The third-order valence-corrected chi connectivity index (χ3v) is 6.20. The van der Waals surface area contributed by atoms with Gasteiger partial charge in [-0.25, -0.2) is 9.85 Å². The second kappa shape index (κ2) is 11.7. The summed E-state index contributed by atoms with van der Waals surface area (Å²) < 4.78 is 0. The summed E-state index contributed by atoms with van der Waals surface area (Å²) in [7, 11) is 1.79. The molecule has 1 N–H and O–H groups in total. The van der Waals surface area contributed by atoms with Crippen molar-refractivity contribution in [1.29, 1.82) is 0 Å². The first-order valence-electron chi connectivity index (χ1n) is 11.9. The zero-order valence-electron chi connectivity index (χ0n) is 20.7. The molecule has 0 bridgehead atoms. The van der Waals surface area contributed by atoms with E-state index in [-0.39, 0.29) is 24.9 Å². The predicted octanol–water partition coefficient (Wildman–Crippen LogP) is 4.29. The minimum Gasteiger partial charge on any atom is -0.355 e. The highest BCUT2D eigenvalue weighted by molar-refractivity contribution is 5.87. The normalized spacial score (nSPS) is 12.8. The van der Waals surface area contributed by atoms with Crippen LogP contribution in [-0.4, -0.2) is 48.5 Å². The van der Waals surface area contributed by atoms with Gasteiger partial charge in [-0.05, 0) is 48.4 Å². The van der Waals surface area contributed by atoms with Gasteiger partial charge in [0.25, 0.3) is 5.91 Å². The smallest absolute Gasteiger partial charge is 0.256 e. The van der Waals surface area contributed by atoms with Crippen LogP contribution in [0.15, 0.2) is 42.5 Å². The molecule has 0 saturated heterocycles. The Morgan fingerprint density at radius 1 is 1.12 bits per heavy atom. The van der Waals surface area contributed by atoms with Crippen LogP contribution in [0, 0.1) is 19.4 Å². The quantitative estimate of drug-likeness (QED) is 0.424. The summed E-state index contributed by atoms with van der Waals surface area (Å²) in [5.41, 5.74) is 4.65. The van der Waals surface area contributed by atoms with Crippen molar-refractivity contribution in [1.82, 2.24) is 15.3 Å². The number of hydrazine groups is 1. The Bertz CT molecular complexity index is 1030. The lowest BCUT2D eigenvalue weighted by atomic mass is 10.1. The van der Waals surface area contributed by atoms with Gasteiger partial charge < -0.3 is 10.2 Å². The first-order valence-corrected chi connectivity index (χ1v) is 11.9. The molecule has 0 aliphatic carbocycles. The van der Waals surface area contributed by atoms with Crippen LogP contribution in [-0.2, 0) is 22.7 Å². The number of carbonyl (C=O) groups excluding carboxylic acids is 2. The van der Waals surface area contributed by atoms with E-state index in [1.807, 2.05) is 35.0 Å². The van der Waals surface area contributed by atoms with Gasteiger partial charge in [0.15, 0.2) is 5.69 Å². The summed E-state index contributed by atoms with van der Waals surface area (Å²) >= 11 is 0. The maximum Gasteiger partial charge on any atom is 0.256 e. The van der Waals surface area contributed by atoms with E-state index in [1.54, 1.807) is 24.2 Å². The number of hydrogen-bond acceptors (Lipinski definition) is 4. The number of anilines is 1. The number of fused-ring (bicyclic) bond motifs is 1. The summed E-state index contributed by atoms with van der Waals surface area (Å²) in [6.45, 7) is 15.7. The summed E-state index contributed by atoms with van der Waals surface area (Å²) in [6, 6.07) is 13.6.